The van der Waals surface area contributed by atoms with E-state index in [1.165, 1.54) is 0 Å². The molecule has 0 fully saturated rings. The molecule has 1 rings (SSSR count). The zero-order valence-corrected chi connectivity index (χ0v) is 16.3. The molecule has 0 spiro atoms. The summed E-state index contributed by atoms with van der Waals surface area (Å²) in [6, 6.07) is 8.21. The van der Waals surface area contributed by atoms with Gasteiger partial charge in [-0.15, -0.1) is 0 Å². The van der Waals surface area contributed by atoms with Gasteiger partial charge in [0.15, 0.2) is 6.04 Å². The van der Waals surface area contributed by atoms with Crippen molar-refractivity contribution in [1.29, 1.82) is 0 Å². The van der Waals surface area contributed by atoms with Crippen molar-refractivity contribution in [2.45, 2.75) is 52.0 Å². The number of amides is 1. The predicted octanol–water partition coefficient (Wildman–Crippen LogP) is 2.80. The highest BCUT2D eigenvalue weighted by molar-refractivity contribution is 7.59. The molecule has 0 bridgehead atoms. The second-order valence-corrected chi connectivity index (χ2v) is 5.96. The minimum absolute atomic E-state index is 0. The third-order valence-corrected chi connectivity index (χ3v) is 2.76. The third kappa shape index (κ3) is 9.69. The number of benzene rings is 1. The Kier molecular flexibility index (Phi) is 11.6. The van der Waals surface area contributed by atoms with E-state index in [9.17, 15) is 14.7 Å². The lowest BCUT2D eigenvalue weighted by atomic mass is 10.1. The normalized spacial score (nSPS) is 12.8. The number of alkyl carbamates (subject to hydrolysis) is 1. The summed E-state index contributed by atoms with van der Waals surface area (Å²) >= 11 is 0. The lowest BCUT2D eigenvalue weighted by Crippen LogP contribution is -2.50. The predicted molar refractivity (Wildman–Crippen MR) is 102 cm³/mol. The topological polar surface area (TPSA) is 84.9 Å². The summed E-state index contributed by atoms with van der Waals surface area (Å²) in [5.74, 6) is -1.17. The van der Waals surface area contributed by atoms with Crippen molar-refractivity contribution in [3.63, 3.8) is 0 Å². The van der Waals surface area contributed by atoms with E-state index in [0.717, 1.165) is 5.56 Å². The van der Waals surface area contributed by atoms with Crippen LogP contribution in [0.2, 0.25) is 0 Å². The number of nitrogens with one attached hydrogen (secondary N) is 1. The first-order valence-corrected chi connectivity index (χ1v) is 7.07. The van der Waals surface area contributed by atoms with Gasteiger partial charge in [0.1, 0.15) is 5.60 Å². The Labute approximate surface area is 156 Å². The van der Waals surface area contributed by atoms with Crippen LogP contribution in [0.25, 0.3) is 0 Å². The van der Waals surface area contributed by atoms with Crippen molar-refractivity contribution in [1.82, 2.24) is 5.32 Å². The molecule has 0 saturated heterocycles. The number of carbonyl (C=O) groups excluding carboxylic acids is 1. The molecule has 0 aromatic heterocycles. The van der Waals surface area contributed by atoms with Crippen molar-refractivity contribution < 1.29 is 24.2 Å². The Hall–Kier alpha value is -1.38. The highest BCUT2D eigenvalue weighted by atomic mass is 32.1. The molecule has 0 unspecified atom stereocenters. The highest BCUT2D eigenvalue weighted by Crippen LogP contribution is 2.09. The Bertz CT molecular complexity index is 505. The quantitative estimate of drug-likeness (QED) is 0.796. The molecular weight excluding hydrogens is 350 g/mol. The minimum Gasteiger partial charge on any atom is -0.480 e. The van der Waals surface area contributed by atoms with Crippen LogP contribution in [0, 0.1) is 0 Å². The number of carbonyl (C=O) groups is 2. The first kappa shape index (κ1) is 24.9. The maximum atomic E-state index is 11.7. The average Bonchev–Trinajstić information content (AvgIpc) is 2.41. The van der Waals surface area contributed by atoms with Gasteiger partial charge in [-0.25, -0.2) is 9.59 Å². The Morgan fingerprint density at radius 1 is 1.17 bits per heavy atom. The molecule has 0 radical (unpaired) electrons. The molecule has 0 saturated carbocycles. The van der Waals surface area contributed by atoms with E-state index in [1.807, 2.05) is 30.3 Å². The summed E-state index contributed by atoms with van der Waals surface area (Å²) in [7, 11) is 0. The van der Waals surface area contributed by atoms with Gasteiger partial charge in [-0.2, -0.15) is 27.0 Å². The maximum absolute atomic E-state index is 11.7. The molecule has 1 aromatic rings. The summed E-state index contributed by atoms with van der Waals surface area (Å²) in [5, 5.41) is 11.6. The van der Waals surface area contributed by atoms with Gasteiger partial charge < -0.3 is 19.9 Å². The second-order valence-electron chi connectivity index (χ2n) is 5.96. The van der Waals surface area contributed by atoms with Gasteiger partial charge in [0.05, 0.1) is 12.7 Å². The molecule has 0 heterocycles. The Morgan fingerprint density at radius 2 is 1.71 bits per heavy atom. The van der Waals surface area contributed by atoms with Crippen molar-refractivity contribution in [3.8, 4) is 0 Å². The monoisotopic (exact) mass is 377 g/mol. The van der Waals surface area contributed by atoms with Crippen LogP contribution in [0.3, 0.4) is 0 Å². The molecule has 2 atom stereocenters. The van der Waals surface area contributed by atoms with Crippen LogP contribution >= 0.6 is 27.0 Å². The molecule has 24 heavy (non-hydrogen) atoms. The van der Waals surface area contributed by atoms with E-state index in [4.69, 9.17) is 9.47 Å². The lowest BCUT2D eigenvalue weighted by Gasteiger charge is -2.25. The van der Waals surface area contributed by atoms with E-state index < -0.39 is 29.8 Å². The van der Waals surface area contributed by atoms with Crippen LogP contribution in [0.15, 0.2) is 30.3 Å². The SMILES string of the molecule is C[C@H](OCc1ccccc1)[C@H](NC(=O)OC(C)(C)C)C(=O)O.S.S. The number of hydrogen-bond donors (Lipinski definition) is 2. The summed E-state index contributed by atoms with van der Waals surface area (Å²) in [4.78, 5) is 23.0. The van der Waals surface area contributed by atoms with Gasteiger partial charge in [0.2, 0.25) is 0 Å². The van der Waals surface area contributed by atoms with Gasteiger partial charge in [-0.1, -0.05) is 30.3 Å². The number of rotatable bonds is 6. The zero-order valence-electron chi connectivity index (χ0n) is 14.3. The van der Waals surface area contributed by atoms with Gasteiger partial charge in [-0.05, 0) is 33.3 Å². The minimum atomic E-state index is -1.18. The number of hydrogen-bond acceptors (Lipinski definition) is 4. The van der Waals surface area contributed by atoms with Gasteiger partial charge in [0, 0.05) is 0 Å². The third-order valence-electron chi connectivity index (χ3n) is 2.76. The maximum Gasteiger partial charge on any atom is 0.408 e. The number of carboxylic acids is 1. The molecule has 6 nitrogen and oxygen atoms in total. The number of carboxylic acid groups (broad SMARTS) is 1. The van der Waals surface area contributed by atoms with E-state index in [0.29, 0.717) is 0 Å². The molecule has 0 aliphatic rings. The van der Waals surface area contributed by atoms with Crippen molar-refractivity contribution in [2.75, 3.05) is 0 Å². The van der Waals surface area contributed by atoms with E-state index >= 15 is 0 Å². The zero-order chi connectivity index (χ0) is 16.8. The fourth-order valence-corrected chi connectivity index (χ4v) is 1.71. The van der Waals surface area contributed by atoms with Gasteiger partial charge in [0.25, 0.3) is 0 Å². The second kappa shape index (κ2) is 11.2. The van der Waals surface area contributed by atoms with Gasteiger partial charge in [-0.3, -0.25) is 0 Å². The number of ether oxygens (including phenoxy) is 2. The highest BCUT2D eigenvalue weighted by Gasteiger charge is 2.29. The molecule has 1 aromatic carbocycles. The van der Waals surface area contributed by atoms with Crippen LogP contribution in [-0.4, -0.2) is 34.9 Å². The summed E-state index contributed by atoms with van der Waals surface area (Å²) < 4.78 is 10.6. The van der Waals surface area contributed by atoms with Crippen molar-refractivity contribution in [3.05, 3.63) is 35.9 Å². The fraction of sp³-hybridized carbons (Fsp3) is 0.500. The molecular formula is C16H27NO5S2. The van der Waals surface area contributed by atoms with Crippen LogP contribution < -0.4 is 5.32 Å². The van der Waals surface area contributed by atoms with Crippen molar-refractivity contribution in [2.24, 2.45) is 0 Å². The standard InChI is InChI=1S/C16H23NO5.2H2S/c1-11(21-10-12-8-6-5-7-9-12)13(14(18)19)17-15(20)22-16(2,3)4;;/h5-9,11,13H,10H2,1-4H3,(H,17,20)(H,18,19);2*1H2/t11-,13-;;/m0../s1. The van der Waals surface area contributed by atoms with Gasteiger partial charge >= 0.3 is 12.1 Å². The molecule has 0 aliphatic heterocycles. The molecule has 8 heteroatoms. The summed E-state index contributed by atoms with van der Waals surface area (Å²) in [5.41, 5.74) is 0.233. The van der Waals surface area contributed by atoms with Crippen LogP contribution in [-0.2, 0) is 20.9 Å². The lowest BCUT2D eigenvalue weighted by molar-refractivity contribution is -0.143. The first-order chi connectivity index (χ1) is 10.2. The van der Waals surface area contributed by atoms with E-state index in [1.54, 1.807) is 27.7 Å². The summed E-state index contributed by atoms with van der Waals surface area (Å²) in [6.45, 7) is 6.98. The van der Waals surface area contributed by atoms with Crippen molar-refractivity contribution >= 4 is 39.1 Å². The van der Waals surface area contributed by atoms with E-state index in [2.05, 4.69) is 5.32 Å². The molecule has 2 N–H and O–H groups in total. The first-order valence-electron chi connectivity index (χ1n) is 7.07. The van der Waals surface area contributed by atoms with Crippen LogP contribution in [0.4, 0.5) is 4.79 Å². The average molecular weight is 378 g/mol. The Morgan fingerprint density at radius 3 is 2.17 bits per heavy atom. The molecule has 138 valence electrons. The molecule has 0 aliphatic carbocycles. The Balaban J connectivity index is 0. The van der Waals surface area contributed by atoms with Crippen LogP contribution in [0.5, 0.6) is 0 Å². The smallest absolute Gasteiger partial charge is 0.408 e. The van der Waals surface area contributed by atoms with E-state index in [-0.39, 0.29) is 33.6 Å². The summed E-state index contributed by atoms with van der Waals surface area (Å²) in [6.07, 6.45) is -1.49. The molecule has 1 amide bonds. The number of aliphatic carboxylic acids is 1. The fourth-order valence-electron chi connectivity index (χ4n) is 1.71. The van der Waals surface area contributed by atoms with Crippen LogP contribution in [0.1, 0.15) is 33.3 Å². The largest absolute Gasteiger partial charge is 0.480 e.